The lowest BCUT2D eigenvalue weighted by Gasteiger charge is -2.11. The second-order valence-corrected chi connectivity index (χ2v) is 8.26. The van der Waals surface area contributed by atoms with Crippen molar-refractivity contribution in [2.45, 2.75) is 25.2 Å². The number of carbonyl (C=O) groups is 1. The number of nitro groups is 1. The Bertz CT molecular complexity index is 1030. The fraction of sp³-hybridized carbons (Fsp3) is 0.278. The first-order valence-corrected chi connectivity index (χ1v) is 10.5. The van der Waals surface area contributed by atoms with Gasteiger partial charge in [0.1, 0.15) is 5.75 Å². The van der Waals surface area contributed by atoms with E-state index in [1.54, 1.807) is 6.92 Å². The van der Waals surface area contributed by atoms with E-state index in [2.05, 4.69) is 10.0 Å². The zero-order valence-electron chi connectivity index (χ0n) is 15.8. The predicted octanol–water partition coefficient (Wildman–Crippen LogP) is 3.26. The van der Waals surface area contributed by atoms with E-state index in [4.69, 9.17) is 16.3 Å². The number of nitrogens with zero attached hydrogens (tertiary/aromatic N) is 1. The molecule has 0 saturated carbocycles. The maximum Gasteiger partial charge on any atom is 0.271 e. The number of nitro benzene ring substituents is 1. The molecule has 2 N–H and O–H groups in total. The minimum atomic E-state index is -3.67. The van der Waals surface area contributed by atoms with Crippen LogP contribution in [0, 0.1) is 17.0 Å². The lowest BCUT2D eigenvalue weighted by molar-refractivity contribution is -0.384. The minimum absolute atomic E-state index is 0.0139. The Hall–Kier alpha value is -2.69. The Kier molecular flexibility index (Phi) is 7.54. The lowest BCUT2D eigenvalue weighted by atomic mass is 10.2. The van der Waals surface area contributed by atoms with Gasteiger partial charge in [0.25, 0.3) is 11.6 Å². The van der Waals surface area contributed by atoms with Crippen LogP contribution >= 0.6 is 11.6 Å². The molecule has 0 aliphatic carbocycles. The lowest BCUT2D eigenvalue weighted by Crippen LogP contribution is -2.24. The molecule has 29 heavy (non-hydrogen) atoms. The molecule has 11 heteroatoms. The topological polar surface area (TPSA) is 128 Å². The Balaban J connectivity index is 2.04. The van der Waals surface area contributed by atoms with Gasteiger partial charge in [-0.25, -0.2) is 13.1 Å². The van der Waals surface area contributed by atoms with Crippen molar-refractivity contribution in [1.82, 2.24) is 4.72 Å². The van der Waals surface area contributed by atoms with Gasteiger partial charge in [0.05, 0.1) is 20.5 Å². The highest BCUT2D eigenvalue weighted by Gasteiger charge is 2.16. The Morgan fingerprint density at radius 3 is 2.59 bits per heavy atom. The number of carbonyl (C=O) groups excluding carboxylic acids is 1. The minimum Gasteiger partial charge on any atom is -0.482 e. The second-order valence-electron chi connectivity index (χ2n) is 6.08. The van der Waals surface area contributed by atoms with Gasteiger partial charge in [-0.1, -0.05) is 24.6 Å². The van der Waals surface area contributed by atoms with Crippen LogP contribution in [0.5, 0.6) is 5.75 Å². The number of benzene rings is 2. The number of aryl methyl sites for hydroxylation is 1. The molecule has 0 atom stereocenters. The van der Waals surface area contributed by atoms with Gasteiger partial charge < -0.3 is 10.1 Å². The van der Waals surface area contributed by atoms with Gasteiger partial charge in [-0.05, 0) is 37.1 Å². The zero-order chi connectivity index (χ0) is 21.6. The van der Waals surface area contributed by atoms with Crippen molar-refractivity contribution in [1.29, 1.82) is 0 Å². The number of rotatable bonds is 9. The normalized spacial score (nSPS) is 11.1. The van der Waals surface area contributed by atoms with Gasteiger partial charge in [0.2, 0.25) is 10.0 Å². The number of anilines is 1. The molecule has 0 aliphatic heterocycles. The van der Waals surface area contributed by atoms with Crippen molar-refractivity contribution in [3.8, 4) is 5.75 Å². The Labute approximate surface area is 173 Å². The van der Waals surface area contributed by atoms with Crippen LogP contribution in [0.2, 0.25) is 5.02 Å². The van der Waals surface area contributed by atoms with Crippen molar-refractivity contribution >= 4 is 38.9 Å². The van der Waals surface area contributed by atoms with E-state index >= 15 is 0 Å². The van der Waals surface area contributed by atoms with E-state index in [1.807, 2.05) is 6.92 Å². The van der Waals surface area contributed by atoms with Crippen LogP contribution in [-0.4, -0.2) is 32.4 Å². The van der Waals surface area contributed by atoms with Crippen LogP contribution < -0.4 is 14.8 Å². The number of hydrogen-bond donors (Lipinski definition) is 2. The molecule has 0 spiro atoms. The van der Waals surface area contributed by atoms with Crippen molar-refractivity contribution in [2.75, 3.05) is 18.5 Å². The fourth-order valence-corrected chi connectivity index (χ4v) is 3.73. The number of nitrogens with one attached hydrogen (secondary N) is 2. The van der Waals surface area contributed by atoms with Gasteiger partial charge in [0.15, 0.2) is 6.61 Å². The van der Waals surface area contributed by atoms with Gasteiger partial charge in [-0.15, -0.1) is 0 Å². The van der Waals surface area contributed by atoms with Crippen molar-refractivity contribution < 1.29 is 22.9 Å². The summed E-state index contributed by atoms with van der Waals surface area (Å²) in [5, 5.41) is 13.4. The van der Waals surface area contributed by atoms with Gasteiger partial charge >= 0.3 is 0 Å². The van der Waals surface area contributed by atoms with E-state index < -0.39 is 27.5 Å². The summed E-state index contributed by atoms with van der Waals surface area (Å²) < 4.78 is 32.0. The van der Waals surface area contributed by atoms with E-state index in [0.717, 1.165) is 0 Å². The van der Waals surface area contributed by atoms with Crippen LogP contribution in [0.15, 0.2) is 41.3 Å². The molecule has 0 bridgehead atoms. The average Bonchev–Trinajstić information content (AvgIpc) is 2.67. The third-order valence-electron chi connectivity index (χ3n) is 3.82. The summed E-state index contributed by atoms with van der Waals surface area (Å²) in [5.74, 6) is -0.419. The van der Waals surface area contributed by atoms with Gasteiger partial charge in [-0.3, -0.25) is 14.9 Å². The maximum atomic E-state index is 12.1. The Morgan fingerprint density at radius 1 is 1.24 bits per heavy atom. The third-order valence-corrected chi connectivity index (χ3v) is 5.57. The molecule has 2 aromatic rings. The predicted molar refractivity (Wildman–Crippen MR) is 109 cm³/mol. The average molecular weight is 442 g/mol. The molecule has 0 aromatic heterocycles. The zero-order valence-corrected chi connectivity index (χ0v) is 17.3. The van der Waals surface area contributed by atoms with E-state index in [0.29, 0.717) is 24.2 Å². The van der Waals surface area contributed by atoms with Crippen LogP contribution in [-0.2, 0) is 14.8 Å². The summed E-state index contributed by atoms with van der Waals surface area (Å²) in [5.41, 5.74) is 0.793. The second kappa shape index (κ2) is 9.68. The van der Waals surface area contributed by atoms with Crippen molar-refractivity contribution in [3.63, 3.8) is 0 Å². The summed E-state index contributed by atoms with van der Waals surface area (Å²) >= 11 is 6.07. The highest BCUT2D eigenvalue weighted by molar-refractivity contribution is 7.89. The standard InChI is InChI=1S/C18H20ClN3O6S/c1-3-8-20-29(26,27)14-6-7-17(15(19)10-14)28-11-18(23)21-16-9-13(22(24)25)5-4-12(16)2/h4-7,9-10,20H,3,8,11H2,1-2H3,(H,21,23). The van der Waals surface area contributed by atoms with Crippen LogP contribution in [0.25, 0.3) is 0 Å². The molecular formula is C18H20ClN3O6S. The SMILES string of the molecule is CCCNS(=O)(=O)c1ccc(OCC(=O)Nc2cc([N+](=O)[O-])ccc2C)c(Cl)c1. The number of amides is 1. The maximum absolute atomic E-state index is 12.1. The van der Waals surface area contributed by atoms with Crippen molar-refractivity contribution in [3.05, 3.63) is 57.1 Å². The number of ether oxygens (including phenoxy) is 1. The number of hydrogen-bond acceptors (Lipinski definition) is 6. The molecule has 0 unspecified atom stereocenters. The van der Waals surface area contributed by atoms with Crippen LogP contribution in [0.1, 0.15) is 18.9 Å². The summed E-state index contributed by atoms with van der Waals surface area (Å²) in [6.07, 6.45) is 0.646. The molecule has 0 heterocycles. The molecule has 156 valence electrons. The van der Waals surface area contributed by atoms with E-state index in [9.17, 15) is 23.3 Å². The molecule has 9 nitrogen and oxygen atoms in total. The van der Waals surface area contributed by atoms with Crippen LogP contribution in [0.4, 0.5) is 11.4 Å². The van der Waals surface area contributed by atoms with E-state index in [1.165, 1.54) is 36.4 Å². The first-order chi connectivity index (χ1) is 13.6. The van der Waals surface area contributed by atoms with Crippen LogP contribution in [0.3, 0.4) is 0 Å². The Morgan fingerprint density at radius 2 is 1.97 bits per heavy atom. The molecule has 0 fully saturated rings. The fourth-order valence-electron chi connectivity index (χ4n) is 2.27. The first kappa shape index (κ1) is 22.6. The van der Waals surface area contributed by atoms with Gasteiger partial charge in [-0.2, -0.15) is 0 Å². The smallest absolute Gasteiger partial charge is 0.271 e. The first-order valence-electron chi connectivity index (χ1n) is 8.61. The highest BCUT2D eigenvalue weighted by atomic mass is 35.5. The number of sulfonamides is 1. The molecule has 2 aromatic carbocycles. The van der Waals surface area contributed by atoms with E-state index in [-0.39, 0.29) is 21.4 Å². The summed E-state index contributed by atoms with van der Waals surface area (Å²) in [6.45, 7) is 3.42. The quantitative estimate of drug-likeness (QED) is 0.454. The monoisotopic (exact) mass is 441 g/mol. The summed E-state index contributed by atoms with van der Waals surface area (Å²) in [7, 11) is -3.67. The molecule has 0 saturated heterocycles. The highest BCUT2D eigenvalue weighted by Crippen LogP contribution is 2.27. The third kappa shape index (κ3) is 6.14. The number of halogens is 1. The molecule has 2 rings (SSSR count). The van der Waals surface area contributed by atoms with Crippen molar-refractivity contribution in [2.24, 2.45) is 0 Å². The molecule has 0 radical (unpaired) electrons. The number of non-ortho nitro benzene ring substituents is 1. The van der Waals surface area contributed by atoms with Gasteiger partial charge in [0, 0.05) is 18.7 Å². The summed E-state index contributed by atoms with van der Waals surface area (Å²) in [6, 6.07) is 8.03. The molecular weight excluding hydrogens is 422 g/mol. The summed E-state index contributed by atoms with van der Waals surface area (Å²) in [4.78, 5) is 22.4. The molecule has 1 amide bonds. The largest absolute Gasteiger partial charge is 0.482 e. The molecule has 0 aliphatic rings.